The highest BCUT2D eigenvalue weighted by atomic mass is 32.2. The van der Waals surface area contributed by atoms with E-state index in [1.807, 2.05) is 19.1 Å². The van der Waals surface area contributed by atoms with Crippen molar-refractivity contribution in [3.63, 3.8) is 0 Å². The van der Waals surface area contributed by atoms with Gasteiger partial charge in [-0.3, -0.25) is 9.69 Å². The number of amides is 3. The Hall–Kier alpha value is -2.58. The SMILES string of the molecule is Cc1cc(C(C)C)ccc1N1C(=O)NC2c3c1ccnc3S[C@H]2C(=O)NC1CCCN(C)C1. The van der Waals surface area contributed by atoms with E-state index in [-0.39, 0.29) is 24.0 Å². The molecular weight excluding hydrogens is 434 g/mol. The molecule has 3 aliphatic rings. The molecule has 2 N–H and O–H groups in total. The number of carbonyl (C=O) groups excluding carboxylic acids is 2. The molecule has 8 heteroatoms. The maximum atomic E-state index is 13.4. The van der Waals surface area contributed by atoms with Crippen LogP contribution in [0.5, 0.6) is 0 Å². The molecule has 1 aromatic heterocycles. The number of pyridine rings is 1. The molecule has 4 heterocycles. The highest BCUT2D eigenvalue weighted by Gasteiger charge is 2.47. The second-order valence-corrected chi connectivity index (χ2v) is 10.8. The van der Waals surface area contributed by atoms with Crippen LogP contribution in [0.15, 0.2) is 35.5 Å². The normalized spacial score (nSPS) is 24.6. The number of hydrogen-bond donors (Lipinski definition) is 2. The first-order valence-corrected chi connectivity index (χ1v) is 12.6. The largest absolute Gasteiger partial charge is 0.351 e. The summed E-state index contributed by atoms with van der Waals surface area (Å²) in [5.41, 5.74) is 4.89. The zero-order chi connectivity index (χ0) is 23.3. The van der Waals surface area contributed by atoms with Crippen LogP contribution in [0.2, 0.25) is 0 Å². The Morgan fingerprint density at radius 1 is 1.27 bits per heavy atom. The quantitative estimate of drug-likeness (QED) is 0.711. The van der Waals surface area contributed by atoms with Crippen LogP contribution in [-0.4, -0.2) is 53.3 Å². The molecule has 33 heavy (non-hydrogen) atoms. The molecular formula is C25H31N5O2S. The number of hydrogen-bond acceptors (Lipinski definition) is 5. The summed E-state index contributed by atoms with van der Waals surface area (Å²) in [5.74, 6) is 0.391. The molecule has 1 saturated heterocycles. The van der Waals surface area contributed by atoms with Crippen LogP contribution in [0.1, 0.15) is 55.3 Å². The van der Waals surface area contributed by atoms with Crippen molar-refractivity contribution in [1.82, 2.24) is 20.5 Å². The van der Waals surface area contributed by atoms with E-state index in [0.29, 0.717) is 5.92 Å². The number of rotatable bonds is 4. The monoisotopic (exact) mass is 465 g/mol. The molecule has 3 aliphatic heterocycles. The minimum Gasteiger partial charge on any atom is -0.351 e. The third-order valence-corrected chi connectivity index (χ3v) is 8.15. The fourth-order valence-electron chi connectivity index (χ4n) is 5.12. The van der Waals surface area contributed by atoms with E-state index in [0.717, 1.165) is 53.5 Å². The average molecular weight is 466 g/mol. The third-order valence-electron chi connectivity index (χ3n) is 6.86. The predicted octanol–water partition coefficient (Wildman–Crippen LogP) is 4.10. The Morgan fingerprint density at radius 3 is 2.82 bits per heavy atom. The van der Waals surface area contributed by atoms with Gasteiger partial charge in [-0.25, -0.2) is 9.78 Å². The van der Waals surface area contributed by atoms with Crippen molar-refractivity contribution >= 4 is 35.1 Å². The molecule has 0 bridgehead atoms. The van der Waals surface area contributed by atoms with Gasteiger partial charge >= 0.3 is 6.03 Å². The van der Waals surface area contributed by atoms with E-state index >= 15 is 0 Å². The number of aryl methyl sites for hydroxylation is 1. The zero-order valence-corrected chi connectivity index (χ0v) is 20.4. The summed E-state index contributed by atoms with van der Waals surface area (Å²) in [6.45, 7) is 8.28. The van der Waals surface area contributed by atoms with Crippen LogP contribution in [0.25, 0.3) is 0 Å². The van der Waals surface area contributed by atoms with E-state index < -0.39 is 5.25 Å². The Morgan fingerprint density at radius 2 is 2.09 bits per heavy atom. The minimum atomic E-state index is -0.420. The average Bonchev–Trinajstić information content (AvgIpc) is 3.14. The van der Waals surface area contributed by atoms with Gasteiger partial charge in [0.2, 0.25) is 5.91 Å². The number of likely N-dealkylation sites (N-methyl/N-ethyl adjacent to an activating group) is 1. The number of nitrogens with zero attached hydrogens (tertiary/aromatic N) is 3. The van der Waals surface area contributed by atoms with Gasteiger partial charge in [0.15, 0.2) is 0 Å². The van der Waals surface area contributed by atoms with E-state index in [4.69, 9.17) is 0 Å². The van der Waals surface area contributed by atoms with Crippen LogP contribution in [0.3, 0.4) is 0 Å². The van der Waals surface area contributed by atoms with Gasteiger partial charge in [0, 0.05) is 24.3 Å². The smallest absolute Gasteiger partial charge is 0.327 e. The van der Waals surface area contributed by atoms with Gasteiger partial charge in [-0.15, -0.1) is 0 Å². The van der Waals surface area contributed by atoms with Crippen LogP contribution in [0, 0.1) is 6.92 Å². The number of likely N-dealkylation sites (tertiary alicyclic amines) is 1. The number of thioether (sulfide) groups is 1. The van der Waals surface area contributed by atoms with Crippen molar-refractivity contribution in [2.45, 2.75) is 61.9 Å². The lowest BCUT2D eigenvalue weighted by Gasteiger charge is -2.35. The summed E-state index contributed by atoms with van der Waals surface area (Å²) < 4.78 is 0. The maximum Gasteiger partial charge on any atom is 0.327 e. The summed E-state index contributed by atoms with van der Waals surface area (Å²) in [6.07, 6.45) is 3.80. The molecule has 0 spiro atoms. The van der Waals surface area contributed by atoms with Crippen molar-refractivity contribution in [3.8, 4) is 0 Å². The third kappa shape index (κ3) is 3.99. The van der Waals surface area contributed by atoms with Gasteiger partial charge in [0.1, 0.15) is 10.3 Å². The van der Waals surface area contributed by atoms with E-state index in [9.17, 15) is 9.59 Å². The first-order chi connectivity index (χ1) is 15.8. The fourth-order valence-corrected chi connectivity index (χ4v) is 6.36. The molecule has 0 saturated carbocycles. The summed E-state index contributed by atoms with van der Waals surface area (Å²) >= 11 is 1.45. The molecule has 3 atom stereocenters. The number of carbonyl (C=O) groups is 2. The molecule has 1 fully saturated rings. The molecule has 7 nitrogen and oxygen atoms in total. The van der Waals surface area contributed by atoms with Crippen LogP contribution >= 0.6 is 11.8 Å². The number of nitrogens with one attached hydrogen (secondary N) is 2. The lowest BCUT2D eigenvalue weighted by molar-refractivity contribution is -0.122. The van der Waals surface area contributed by atoms with Crippen LogP contribution < -0.4 is 15.5 Å². The van der Waals surface area contributed by atoms with Gasteiger partial charge in [0.05, 0.1) is 17.4 Å². The second kappa shape index (κ2) is 8.65. The van der Waals surface area contributed by atoms with E-state index in [2.05, 4.69) is 53.5 Å². The lowest BCUT2D eigenvalue weighted by atomic mass is 9.97. The number of urea groups is 1. The Bertz CT molecular complexity index is 1100. The molecule has 2 aromatic rings. The number of aromatic nitrogens is 1. The maximum absolute atomic E-state index is 13.4. The topological polar surface area (TPSA) is 77.6 Å². The molecule has 2 unspecified atom stereocenters. The van der Waals surface area contributed by atoms with E-state index in [1.54, 1.807) is 11.1 Å². The van der Waals surface area contributed by atoms with Gasteiger partial charge in [-0.1, -0.05) is 37.7 Å². The number of benzene rings is 1. The molecule has 174 valence electrons. The predicted molar refractivity (Wildman–Crippen MR) is 131 cm³/mol. The van der Waals surface area contributed by atoms with E-state index in [1.165, 1.54) is 17.3 Å². The van der Waals surface area contributed by atoms with Gasteiger partial charge in [-0.2, -0.15) is 0 Å². The van der Waals surface area contributed by atoms with Crippen molar-refractivity contribution < 1.29 is 9.59 Å². The molecule has 5 rings (SSSR count). The zero-order valence-electron chi connectivity index (χ0n) is 19.6. The van der Waals surface area contributed by atoms with Crippen LogP contribution in [0.4, 0.5) is 16.2 Å². The first kappa shape index (κ1) is 22.2. The van der Waals surface area contributed by atoms with Gasteiger partial charge in [0.25, 0.3) is 0 Å². The summed E-state index contributed by atoms with van der Waals surface area (Å²) in [4.78, 5) is 35.2. The van der Waals surface area contributed by atoms with Crippen molar-refractivity contribution in [2.75, 3.05) is 25.0 Å². The molecule has 1 aromatic carbocycles. The minimum absolute atomic E-state index is 0.0273. The Balaban J connectivity index is 1.44. The summed E-state index contributed by atoms with van der Waals surface area (Å²) in [7, 11) is 2.08. The lowest BCUT2D eigenvalue weighted by Crippen LogP contribution is -2.52. The highest BCUT2D eigenvalue weighted by Crippen LogP contribution is 2.51. The second-order valence-electron chi connectivity index (χ2n) is 9.66. The van der Waals surface area contributed by atoms with Crippen molar-refractivity contribution in [1.29, 1.82) is 0 Å². The fraction of sp³-hybridized carbons (Fsp3) is 0.480. The Labute approximate surface area is 199 Å². The molecule has 0 aliphatic carbocycles. The Kier molecular flexibility index (Phi) is 5.82. The molecule has 3 amide bonds. The van der Waals surface area contributed by atoms with Crippen molar-refractivity contribution in [3.05, 3.63) is 47.2 Å². The summed E-state index contributed by atoms with van der Waals surface area (Å²) in [5, 5.41) is 6.74. The summed E-state index contributed by atoms with van der Waals surface area (Å²) in [6, 6.07) is 7.69. The van der Waals surface area contributed by atoms with Crippen LogP contribution in [-0.2, 0) is 4.79 Å². The molecule has 0 radical (unpaired) electrons. The number of piperidine rings is 1. The standard InChI is InChI=1S/C25H31N5O2S/c1-14(2)16-7-8-18(15(3)12-16)30-19-9-10-26-24-20(19)21(28-25(30)32)22(33-24)23(31)27-17-6-5-11-29(4)13-17/h7-10,12,14,17,21-22H,5-6,11,13H2,1-4H3,(H,27,31)(H,28,32)/t17?,21?,22-/m1/s1. The van der Waals surface area contributed by atoms with Crippen molar-refractivity contribution in [2.24, 2.45) is 0 Å². The highest BCUT2D eigenvalue weighted by molar-refractivity contribution is 8.01. The number of anilines is 2. The van der Waals surface area contributed by atoms with Gasteiger partial charge in [-0.05, 0) is 62.5 Å². The van der Waals surface area contributed by atoms with Gasteiger partial charge < -0.3 is 15.5 Å². The first-order valence-electron chi connectivity index (χ1n) is 11.7.